The summed E-state index contributed by atoms with van der Waals surface area (Å²) in [6.07, 6.45) is 3.13. The predicted octanol–water partition coefficient (Wildman–Crippen LogP) is 5.11. The number of alkyl halides is 1. The molecule has 0 saturated heterocycles. The third kappa shape index (κ3) is 4.40. The highest BCUT2D eigenvalue weighted by Gasteiger charge is 2.18. The van der Waals surface area contributed by atoms with E-state index in [9.17, 15) is 0 Å². The van der Waals surface area contributed by atoms with E-state index in [0.29, 0.717) is 5.92 Å². The van der Waals surface area contributed by atoms with E-state index in [4.69, 9.17) is 11.6 Å². The summed E-state index contributed by atoms with van der Waals surface area (Å²) >= 11 is 6.53. The average molecular weight is 273 g/mol. The van der Waals surface area contributed by atoms with Gasteiger partial charge in [-0.2, -0.15) is 0 Å². The Kier molecular flexibility index (Phi) is 5.47. The lowest BCUT2D eigenvalue weighted by molar-refractivity contribution is 0.482. The minimum Gasteiger partial charge on any atom is -0.123 e. The smallest absolute Gasteiger partial charge is 0.0368 e. The molecule has 0 aromatic heterocycles. The maximum absolute atomic E-state index is 6.53. The van der Waals surface area contributed by atoms with Crippen LogP contribution < -0.4 is 0 Å². The summed E-state index contributed by atoms with van der Waals surface area (Å²) in [6.45, 7) is 2.17. The van der Waals surface area contributed by atoms with E-state index in [1.807, 2.05) is 0 Å². The molecule has 1 atom stereocenters. The molecular weight excluding hydrogens is 252 g/mol. The molecule has 1 heteroatoms. The molecule has 0 aliphatic heterocycles. The molecule has 2 rings (SSSR count). The van der Waals surface area contributed by atoms with Gasteiger partial charge in [0.25, 0.3) is 0 Å². The first-order valence-corrected chi connectivity index (χ1v) is 7.45. The zero-order valence-electron chi connectivity index (χ0n) is 11.4. The lowest BCUT2D eigenvalue weighted by Gasteiger charge is -2.21. The van der Waals surface area contributed by atoms with Crippen molar-refractivity contribution in [1.82, 2.24) is 0 Å². The molecule has 0 aliphatic rings. The molecule has 0 spiro atoms. The van der Waals surface area contributed by atoms with E-state index < -0.39 is 0 Å². The van der Waals surface area contributed by atoms with Gasteiger partial charge in [-0.05, 0) is 36.3 Å². The molecule has 0 N–H and O–H groups in total. The van der Waals surface area contributed by atoms with Crippen molar-refractivity contribution in [2.45, 2.75) is 31.6 Å². The summed E-state index contributed by atoms with van der Waals surface area (Å²) < 4.78 is 0. The van der Waals surface area contributed by atoms with Crippen LogP contribution >= 0.6 is 11.6 Å². The highest BCUT2D eigenvalue weighted by molar-refractivity contribution is 6.20. The third-order valence-corrected chi connectivity index (χ3v) is 4.25. The maximum Gasteiger partial charge on any atom is 0.0368 e. The van der Waals surface area contributed by atoms with Crippen molar-refractivity contribution in [3.8, 4) is 0 Å². The van der Waals surface area contributed by atoms with Crippen LogP contribution in [-0.4, -0.2) is 5.38 Å². The van der Waals surface area contributed by atoms with Gasteiger partial charge < -0.3 is 0 Å². The highest BCUT2D eigenvalue weighted by atomic mass is 35.5. The zero-order chi connectivity index (χ0) is 13.5. The van der Waals surface area contributed by atoms with Crippen LogP contribution in [0.5, 0.6) is 0 Å². The fourth-order valence-electron chi connectivity index (χ4n) is 2.49. The normalized spacial score (nSPS) is 12.6. The summed E-state index contributed by atoms with van der Waals surface area (Å²) in [5.41, 5.74) is 2.75. The van der Waals surface area contributed by atoms with Gasteiger partial charge in [0.15, 0.2) is 0 Å². The zero-order valence-corrected chi connectivity index (χ0v) is 12.2. The molecule has 0 nitrogen and oxygen atoms in total. The molecule has 0 aliphatic carbocycles. The Bertz CT molecular complexity index is 422. The van der Waals surface area contributed by atoms with Crippen molar-refractivity contribution < 1.29 is 0 Å². The first-order valence-electron chi connectivity index (χ1n) is 7.01. The minimum absolute atomic E-state index is 0.236. The van der Waals surface area contributed by atoms with Crippen molar-refractivity contribution >= 4 is 11.6 Å². The number of rotatable bonds is 6. The van der Waals surface area contributed by atoms with Gasteiger partial charge in [0.05, 0.1) is 0 Å². The van der Waals surface area contributed by atoms with Crippen LogP contribution in [0.3, 0.4) is 0 Å². The monoisotopic (exact) mass is 272 g/mol. The number of hydrogen-bond acceptors (Lipinski definition) is 0. The third-order valence-electron chi connectivity index (χ3n) is 3.58. The lowest BCUT2D eigenvalue weighted by Crippen LogP contribution is -2.19. The standard InChI is InChI=1S/C18H21Cl/c1-2-18(19)17(13-15-9-5-3-6-10-15)14-16-11-7-4-8-12-16/h3-12,17-18H,2,13-14H2,1H3. The van der Waals surface area contributed by atoms with Gasteiger partial charge in [-0.15, -0.1) is 11.6 Å². The Morgan fingerprint density at radius 3 is 1.58 bits per heavy atom. The maximum atomic E-state index is 6.53. The van der Waals surface area contributed by atoms with Crippen molar-refractivity contribution in [2.75, 3.05) is 0 Å². The van der Waals surface area contributed by atoms with Crippen LogP contribution in [0.4, 0.5) is 0 Å². The van der Waals surface area contributed by atoms with Crippen LogP contribution in [0.1, 0.15) is 24.5 Å². The van der Waals surface area contributed by atoms with Gasteiger partial charge in [-0.1, -0.05) is 67.6 Å². The van der Waals surface area contributed by atoms with Gasteiger partial charge in [-0.3, -0.25) is 0 Å². The molecule has 2 aromatic carbocycles. The fraction of sp³-hybridized carbons (Fsp3) is 0.333. The molecule has 0 heterocycles. The van der Waals surface area contributed by atoms with Gasteiger partial charge in [0.2, 0.25) is 0 Å². The summed E-state index contributed by atoms with van der Waals surface area (Å²) in [5, 5.41) is 0.236. The summed E-state index contributed by atoms with van der Waals surface area (Å²) in [4.78, 5) is 0. The molecule has 0 radical (unpaired) electrons. The van der Waals surface area contributed by atoms with Gasteiger partial charge in [-0.25, -0.2) is 0 Å². The van der Waals surface area contributed by atoms with Crippen LogP contribution in [0.2, 0.25) is 0 Å². The predicted molar refractivity (Wildman–Crippen MR) is 83.7 cm³/mol. The van der Waals surface area contributed by atoms with Crippen LogP contribution in [0, 0.1) is 5.92 Å². The van der Waals surface area contributed by atoms with E-state index >= 15 is 0 Å². The van der Waals surface area contributed by atoms with E-state index in [1.165, 1.54) is 11.1 Å². The second kappa shape index (κ2) is 7.35. The van der Waals surface area contributed by atoms with E-state index in [2.05, 4.69) is 67.6 Å². The molecule has 100 valence electrons. The Balaban J connectivity index is 2.08. The molecule has 0 fully saturated rings. The molecular formula is C18H21Cl. The lowest BCUT2D eigenvalue weighted by atomic mass is 9.89. The average Bonchev–Trinajstić information content (AvgIpc) is 2.48. The molecule has 1 unspecified atom stereocenters. The Hall–Kier alpha value is -1.27. The summed E-state index contributed by atoms with van der Waals surface area (Å²) in [7, 11) is 0. The SMILES string of the molecule is CCC(Cl)C(Cc1ccccc1)Cc1ccccc1. The molecule has 19 heavy (non-hydrogen) atoms. The van der Waals surface area contributed by atoms with Gasteiger partial charge in [0, 0.05) is 5.38 Å². The molecule has 0 saturated carbocycles. The number of benzene rings is 2. The number of halogens is 1. The van der Waals surface area contributed by atoms with Crippen molar-refractivity contribution in [1.29, 1.82) is 0 Å². The Morgan fingerprint density at radius 1 is 0.789 bits per heavy atom. The largest absolute Gasteiger partial charge is 0.123 e. The summed E-state index contributed by atoms with van der Waals surface area (Å²) in [6, 6.07) is 21.3. The van der Waals surface area contributed by atoms with Crippen LogP contribution in [-0.2, 0) is 12.8 Å². The Labute approximate surface area is 121 Å². The fourth-order valence-corrected chi connectivity index (χ4v) is 2.67. The molecule has 0 bridgehead atoms. The quantitative estimate of drug-likeness (QED) is 0.642. The van der Waals surface area contributed by atoms with E-state index in [0.717, 1.165) is 19.3 Å². The van der Waals surface area contributed by atoms with Crippen LogP contribution in [0.25, 0.3) is 0 Å². The number of hydrogen-bond donors (Lipinski definition) is 0. The Morgan fingerprint density at radius 2 is 1.21 bits per heavy atom. The minimum atomic E-state index is 0.236. The second-order valence-corrected chi connectivity index (χ2v) is 5.62. The topological polar surface area (TPSA) is 0 Å². The van der Waals surface area contributed by atoms with Gasteiger partial charge >= 0.3 is 0 Å². The van der Waals surface area contributed by atoms with Crippen molar-refractivity contribution in [3.63, 3.8) is 0 Å². The van der Waals surface area contributed by atoms with Gasteiger partial charge in [0.1, 0.15) is 0 Å². The molecule has 0 amide bonds. The molecule has 2 aromatic rings. The second-order valence-electron chi connectivity index (χ2n) is 5.06. The van der Waals surface area contributed by atoms with E-state index in [1.54, 1.807) is 0 Å². The van der Waals surface area contributed by atoms with E-state index in [-0.39, 0.29) is 5.38 Å². The first-order chi connectivity index (χ1) is 9.29. The van der Waals surface area contributed by atoms with Crippen molar-refractivity contribution in [2.24, 2.45) is 5.92 Å². The van der Waals surface area contributed by atoms with Crippen molar-refractivity contribution in [3.05, 3.63) is 71.8 Å². The summed E-state index contributed by atoms with van der Waals surface area (Å²) in [5.74, 6) is 0.497. The highest BCUT2D eigenvalue weighted by Crippen LogP contribution is 2.23. The first kappa shape index (κ1) is 14.1. The van der Waals surface area contributed by atoms with Crippen LogP contribution in [0.15, 0.2) is 60.7 Å².